The molecule has 1 aliphatic rings. The minimum atomic E-state index is -0.877. The maximum atomic E-state index is 13.3. The standard InChI is InChI=1S/C28H32N4O4.ClH/c29-17-23(33)18-30-26(34)24(16-19-12-13-20-7-4-5-10-22(20)15-19)31-27(35)25-11-6-14-32(25)28(36)21-8-2-1-3-9-21;/h1-5,7-10,12-13,15,23-25,33H,6,11,14,16-18,29H2,(H,30,34)(H,31,35);1H/t23?,24-,25+;/m1./s1. The zero-order chi connectivity index (χ0) is 25.5. The van der Waals surface area contributed by atoms with Crippen LogP contribution in [0.5, 0.6) is 0 Å². The third-order valence-corrected chi connectivity index (χ3v) is 6.51. The van der Waals surface area contributed by atoms with E-state index in [1.54, 1.807) is 29.2 Å². The van der Waals surface area contributed by atoms with Gasteiger partial charge < -0.3 is 26.4 Å². The summed E-state index contributed by atoms with van der Waals surface area (Å²) in [6.07, 6.45) is 0.627. The van der Waals surface area contributed by atoms with Gasteiger partial charge in [0.25, 0.3) is 5.91 Å². The summed E-state index contributed by atoms with van der Waals surface area (Å²) < 4.78 is 0. The fraction of sp³-hybridized carbons (Fsp3) is 0.321. The van der Waals surface area contributed by atoms with E-state index in [0.717, 1.165) is 16.3 Å². The molecule has 196 valence electrons. The molecule has 1 fully saturated rings. The molecule has 3 amide bonds. The summed E-state index contributed by atoms with van der Waals surface area (Å²) in [6, 6.07) is 21.2. The van der Waals surface area contributed by atoms with E-state index in [9.17, 15) is 19.5 Å². The van der Waals surface area contributed by atoms with E-state index in [2.05, 4.69) is 10.6 Å². The molecule has 1 aliphatic heterocycles. The number of aliphatic hydroxyl groups is 1. The lowest BCUT2D eigenvalue weighted by molar-refractivity contribution is -0.131. The second-order valence-electron chi connectivity index (χ2n) is 9.10. The lowest BCUT2D eigenvalue weighted by atomic mass is 10.0. The summed E-state index contributed by atoms with van der Waals surface area (Å²) in [7, 11) is 0. The number of fused-ring (bicyclic) bond motifs is 1. The lowest BCUT2D eigenvalue weighted by Crippen LogP contribution is -2.54. The van der Waals surface area contributed by atoms with Crippen molar-refractivity contribution >= 4 is 40.9 Å². The van der Waals surface area contributed by atoms with Crippen molar-refractivity contribution in [2.24, 2.45) is 5.73 Å². The van der Waals surface area contributed by atoms with E-state index in [1.807, 2.05) is 48.5 Å². The van der Waals surface area contributed by atoms with Crippen molar-refractivity contribution < 1.29 is 19.5 Å². The van der Waals surface area contributed by atoms with Gasteiger partial charge in [-0.15, -0.1) is 12.4 Å². The molecule has 0 aromatic heterocycles. The number of halogens is 1. The van der Waals surface area contributed by atoms with Gasteiger partial charge in [0, 0.05) is 31.6 Å². The van der Waals surface area contributed by atoms with Crippen molar-refractivity contribution in [1.82, 2.24) is 15.5 Å². The first kappa shape index (κ1) is 28.1. The summed E-state index contributed by atoms with van der Waals surface area (Å²) in [4.78, 5) is 41.0. The van der Waals surface area contributed by atoms with Crippen LogP contribution in [0.25, 0.3) is 10.8 Å². The highest BCUT2D eigenvalue weighted by atomic mass is 35.5. The number of carbonyl (C=O) groups is 3. The van der Waals surface area contributed by atoms with Crippen molar-refractivity contribution in [3.05, 3.63) is 83.9 Å². The van der Waals surface area contributed by atoms with Gasteiger partial charge in [-0.25, -0.2) is 0 Å². The summed E-state index contributed by atoms with van der Waals surface area (Å²) in [6.45, 7) is 0.484. The van der Waals surface area contributed by atoms with Gasteiger partial charge in [0.2, 0.25) is 11.8 Å². The van der Waals surface area contributed by atoms with Crippen LogP contribution in [-0.4, -0.2) is 65.5 Å². The Morgan fingerprint density at radius 1 is 1.00 bits per heavy atom. The second kappa shape index (κ2) is 13.2. The Kier molecular flexibility index (Phi) is 10.0. The minimum absolute atomic E-state index is 0. The Balaban J connectivity index is 0.00000380. The molecular formula is C28H33ClN4O4. The van der Waals surface area contributed by atoms with Crippen molar-refractivity contribution in [2.75, 3.05) is 19.6 Å². The van der Waals surface area contributed by atoms with E-state index in [-0.39, 0.29) is 43.7 Å². The minimum Gasteiger partial charge on any atom is -0.390 e. The van der Waals surface area contributed by atoms with Crippen LogP contribution in [-0.2, 0) is 16.0 Å². The zero-order valence-electron chi connectivity index (χ0n) is 20.5. The summed E-state index contributed by atoms with van der Waals surface area (Å²) in [5, 5.41) is 17.5. The third kappa shape index (κ3) is 7.07. The van der Waals surface area contributed by atoms with Gasteiger partial charge >= 0.3 is 0 Å². The Labute approximate surface area is 222 Å². The van der Waals surface area contributed by atoms with Gasteiger partial charge in [-0.2, -0.15) is 0 Å². The molecule has 3 aromatic carbocycles. The van der Waals surface area contributed by atoms with Crippen LogP contribution in [0.4, 0.5) is 0 Å². The first-order chi connectivity index (χ1) is 17.5. The molecule has 0 spiro atoms. The Morgan fingerprint density at radius 2 is 1.70 bits per heavy atom. The van der Waals surface area contributed by atoms with Gasteiger partial charge in [0.1, 0.15) is 12.1 Å². The lowest BCUT2D eigenvalue weighted by Gasteiger charge is -2.27. The fourth-order valence-electron chi connectivity index (χ4n) is 4.53. The van der Waals surface area contributed by atoms with Crippen molar-refractivity contribution in [2.45, 2.75) is 37.5 Å². The molecule has 4 rings (SSSR count). The van der Waals surface area contributed by atoms with E-state index < -0.39 is 24.1 Å². The largest absolute Gasteiger partial charge is 0.390 e. The number of aliphatic hydroxyl groups excluding tert-OH is 1. The second-order valence-corrected chi connectivity index (χ2v) is 9.10. The highest BCUT2D eigenvalue weighted by molar-refractivity contribution is 5.98. The number of rotatable bonds is 9. The number of amides is 3. The van der Waals surface area contributed by atoms with Gasteiger partial charge in [-0.1, -0.05) is 60.7 Å². The Bertz CT molecular complexity index is 1220. The zero-order valence-corrected chi connectivity index (χ0v) is 21.3. The average Bonchev–Trinajstić information content (AvgIpc) is 3.41. The maximum absolute atomic E-state index is 13.3. The molecule has 0 bridgehead atoms. The number of hydrogen-bond acceptors (Lipinski definition) is 5. The molecule has 1 unspecified atom stereocenters. The molecule has 1 saturated heterocycles. The summed E-state index contributed by atoms with van der Waals surface area (Å²) in [5.41, 5.74) is 6.87. The molecule has 8 nitrogen and oxygen atoms in total. The molecule has 1 heterocycles. The third-order valence-electron chi connectivity index (χ3n) is 6.51. The van der Waals surface area contributed by atoms with Gasteiger partial charge in [0.15, 0.2) is 0 Å². The van der Waals surface area contributed by atoms with E-state index >= 15 is 0 Å². The van der Waals surface area contributed by atoms with Gasteiger partial charge in [0.05, 0.1) is 6.10 Å². The van der Waals surface area contributed by atoms with Gasteiger partial charge in [-0.05, 0) is 41.3 Å². The molecule has 5 N–H and O–H groups in total. The number of hydrogen-bond donors (Lipinski definition) is 4. The van der Waals surface area contributed by atoms with Crippen LogP contribution in [0.1, 0.15) is 28.8 Å². The maximum Gasteiger partial charge on any atom is 0.254 e. The van der Waals surface area contributed by atoms with E-state index in [0.29, 0.717) is 24.9 Å². The van der Waals surface area contributed by atoms with Crippen LogP contribution < -0.4 is 16.4 Å². The Morgan fingerprint density at radius 3 is 2.43 bits per heavy atom. The molecule has 9 heteroatoms. The Hall–Kier alpha value is -3.46. The molecule has 37 heavy (non-hydrogen) atoms. The van der Waals surface area contributed by atoms with Crippen LogP contribution in [0.3, 0.4) is 0 Å². The van der Waals surface area contributed by atoms with Crippen LogP contribution in [0.15, 0.2) is 72.8 Å². The average molecular weight is 525 g/mol. The normalized spacial score (nSPS) is 16.5. The molecular weight excluding hydrogens is 492 g/mol. The SMILES string of the molecule is Cl.NCC(O)CNC(=O)[C@@H](Cc1ccc2ccccc2c1)NC(=O)[C@@H]1CCCN1C(=O)c1ccccc1. The number of likely N-dealkylation sites (tertiary alicyclic amines) is 1. The number of benzene rings is 3. The molecule has 3 aromatic rings. The molecule has 3 atom stereocenters. The number of nitrogens with two attached hydrogens (primary N) is 1. The fourth-order valence-corrected chi connectivity index (χ4v) is 4.53. The predicted molar refractivity (Wildman–Crippen MR) is 145 cm³/mol. The molecule has 0 radical (unpaired) electrons. The monoisotopic (exact) mass is 524 g/mol. The van der Waals surface area contributed by atoms with Gasteiger partial charge in [-0.3, -0.25) is 14.4 Å². The first-order valence-corrected chi connectivity index (χ1v) is 12.3. The number of nitrogens with one attached hydrogen (secondary N) is 2. The predicted octanol–water partition coefficient (Wildman–Crippen LogP) is 2.03. The van der Waals surface area contributed by atoms with Crippen molar-refractivity contribution in [3.63, 3.8) is 0 Å². The van der Waals surface area contributed by atoms with Crippen LogP contribution in [0.2, 0.25) is 0 Å². The smallest absolute Gasteiger partial charge is 0.254 e. The quantitative estimate of drug-likeness (QED) is 0.341. The highest BCUT2D eigenvalue weighted by Gasteiger charge is 2.36. The first-order valence-electron chi connectivity index (χ1n) is 12.3. The molecule has 0 saturated carbocycles. The van der Waals surface area contributed by atoms with Crippen molar-refractivity contribution in [3.8, 4) is 0 Å². The van der Waals surface area contributed by atoms with Crippen LogP contribution in [0, 0.1) is 0 Å². The number of carbonyl (C=O) groups excluding carboxylic acids is 3. The molecule has 0 aliphatic carbocycles. The summed E-state index contributed by atoms with van der Waals surface area (Å²) >= 11 is 0. The topological polar surface area (TPSA) is 125 Å². The summed E-state index contributed by atoms with van der Waals surface area (Å²) in [5.74, 6) is -0.977. The highest BCUT2D eigenvalue weighted by Crippen LogP contribution is 2.21. The van der Waals surface area contributed by atoms with Crippen molar-refractivity contribution in [1.29, 1.82) is 0 Å². The van der Waals surface area contributed by atoms with E-state index in [1.165, 1.54) is 0 Å². The van der Waals surface area contributed by atoms with E-state index in [4.69, 9.17) is 5.73 Å². The number of nitrogens with zero attached hydrogens (tertiary/aromatic N) is 1. The van der Waals surface area contributed by atoms with Crippen LogP contribution >= 0.6 is 12.4 Å².